The van der Waals surface area contributed by atoms with Gasteiger partial charge >= 0.3 is 0 Å². The molecule has 17 unspecified atom stereocenters. The van der Waals surface area contributed by atoms with E-state index in [9.17, 15) is 61.0 Å². The van der Waals surface area contributed by atoms with E-state index >= 15 is 0 Å². The third-order valence-corrected chi connectivity index (χ3v) is 17.7. The number of ether oxygens (including phenoxy) is 6. The van der Waals surface area contributed by atoms with Crippen molar-refractivity contribution in [2.45, 2.75) is 369 Å². The van der Waals surface area contributed by atoms with Crippen LogP contribution in [0.4, 0.5) is 0 Å². The van der Waals surface area contributed by atoms with E-state index in [1.54, 1.807) is 6.08 Å². The quantitative estimate of drug-likeness (QED) is 0.0199. The smallest absolute Gasteiger partial charge is 0.220 e. The van der Waals surface area contributed by atoms with Crippen LogP contribution < -0.4 is 5.32 Å². The summed E-state index contributed by atoms with van der Waals surface area (Å²) in [4.78, 5) is 13.3. The second-order valence-corrected chi connectivity index (χ2v) is 25.3. The number of aliphatic hydroxyl groups excluding tert-OH is 11. The van der Waals surface area contributed by atoms with E-state index in [-0.39, 0.29) is 18.9 Å². The summed E-state index contributed by atoms with van der Waals surface area (Å²) in [6, 6.07) is -0.967. The summed E-state index contributed by atoms with van der Waals surface area (Å²) in [6.07, 6.45) is 33.8. The predicted octanol–water partition coefficient (Wildman–Crippen LogP) is 9.22. The van der Waals surface area contributed by atoms with Crippen molar-refractivity contribution in [3.05, 3.63) is 36.5 Å². The van der Waals surface area contributed by atoms with Gasteiger partial charge in [0.25, 0.3) is 0 Å². The minimum Gasteiger partial charge on any atom is -0.394 e. The predicted molar refractivity (Wildman–Crippen MR) is 342 cm³/mol. The van der Waals surface area contributed by atoms with Crippen LogP contribution in [0.15, 0.2) is 36.5 Å². The molecule has 1 amide bonds. The Morgan fingerprint density at radius 3 is 1.17 bits per heavy atom. The van der Waals surface area contributed by atoms with Crippen molar-refractivity contribution in [2.24, 2.45) is 0 Å². The Bertz CT molecular complexity index is 1740. The molecule has 3 aliphatic heterocycles. The highest BCUT2D eigenvalue weighted by molar-refractivity contribution is 5.76. The van der Waals surface area contributed by atoms with Gasteiger partial charge in [-0.25, -0.2) is 0 Å². The summed E-state index contributed by atoms with van der Waals surface area (Å²) in [6.45, 7) is 1.63. The van der Waals surface area contributed by atoms with Gasteiger partial charge in [0, 0.05) is 6.42 Å². The number of hydrogen-bond donors (Lipinski definition) is 12. The fourth-order valence-corrected chi connectivity index (χ4v) is 11.9. The molecule has 3 rings (SSSR count). The van der Waals surface area contributed by atoms with E-state index in [2.05, 4.69) is 43.5 Å². The lowest BCUT2D eigenvalue weighted by Gasteiger charge is -2.48. The third-order valence-electron chi connectivity index (χ3n) is 17.7. The first-order chi connectivity index (χ1) is 42.8. The molecule has 12 N–H and O–H groups in total. The van der Waals surface area contributed by atoms with Crippen molar-refractivity contribution in [2.75, 3.05) is 26.4 Å². The zero-order valence-electron chi connectivity index (χ0n) is 54.5. The molecular weight excluding hydrogens is 1130 g/mol. The summed E-state index contributed by atoms with van der Waals surface area (Å²) < 4.78 is 34.2. The van der Waals surface area contributed by atoms with Crippen molar-refractivity contribution in [1.82, 2.24) is 5.32 Å². The molecule has 0 aromatic heterocycles. The number of rotatable bonds is 54. The SMILES string of the molecule is CCCCCC/C=C/C(O)C(COC1OC(CO)C(OC2OC(CO)C(OC3OC(CO)C(O)C(O)C3O)C(O)C2O)C(O)C1O)NC(=O)CCCCCCCCCCCCCCCCCCCCCCCCCCC/C=C\C/C=C\CCCCCCC. The van der Waals surface area contributed by atoms with Gasteiger partial charge in [-0.2, -0.15) is 0 Å². The number of carbonyl (C=O) groups is 1. The molecule has 0 spiro atoms. The number of unbranched alkanes of at least 4 members (excludes halogenated alkanes) is 34. The molecule has 0 saturated carbocycles. The molecule has 0 aliphatic carbocycles. The second kappa shape index (κ2) is 51.4. The van der Waals surface area contributed by atoms with E-state index in [1.807, 2.05) is 6.08 Å². The number of carbonyl (C=O) groups excluding carboxylic acids is 1. The monoisotopic (exact) mass is 1260 g/mol. The zero-order valence-corrected chi connectivity index (χ0v) is 54.5. The van der Waals surface area contributed by atoms with Gasteiger partial charge in [-0.15, -0.1) is 0 Å². The Labute approximate surface area is 530 Å². The lowest BCUT2D eigenvalue weighted by molar-refractivity contribution is -0.379. The molecule has 17 atom stereocenters. The minimum absolute atomic E-state index is 0.246. The van der Waals surface area contributed by atoms with Crippen LogP contribution in [0.3, 0.4) is 0 Å². The van der Waals surface area contributed by atoms with Crippen LogP contribution in [0.1, 0.15) is 264 Å². The maximum atomic E-state index is 13.3. The van der Waals surface area contributed by atoms with Crippen molar-refractivity contribution in [1.29, 1.82) is 0 Å². The molecule has 19 nitrogen and oxygen atoms in total. The van der Waals surface area contributed by atoms with Crippen LogP contribution >= 0.6 is 0 Å². The molecular formula is C69H127NO18. The van der Waals surface area contributed by atoms with Gasteiger partial charge in [-0.05, 0) is 51.4 Å². The van der Waals surface area contributed by atoms with Crippen LogP contribution in [0.2, 0.25) is 0 Å². The maximum absolute atomic E-state index is 13.3. The highest BCUT2D eigenvalue weighted by Gasteiger charge is 2.53. The van der Waals surface area contributed by atoms with E-state index in [0.29, 0.717) is 6.42 Å². The average molecular weight is 1260 g/mol. The van der Waals surface area contributed by atoms with Crippen molar-refractivity contribution in [3.8, 4) is 0 Å². The number of amides is 1. The normalized spacial score (nSPS) is 28.6. The summed E-state index contributed by atoms with van der Waals surface area (Å²) in [5, 5.41) is 120. The van der Waals surface area contributed by atoms with E-state index in [0.717, 1.165) is 57.8 Å². The molecule has 3 aliphatic rings. The van der Waals surface area contributed by atoms with Gasteiger partial charge in [0.15, 0.2) is 18.9 Å². The average Bonchev–Trinajstić information content (AvgIpc) is 2.46. The molecule has 516 valence electrons. The Kier molecular flexibility index (Phi) is 46.9. The molecule has 19 heteroatoms. The van der Waals surface area contributed by atoms with E-state index < -0.39 is 124 Å². The fourth-order valence-electron chi connectivity index (χ4n) is 11.9. The lowest BCUT2D eigenvalue weighted by Crippen LogP contribution is -2.66. The van der Waals surface area contributed by atoms with Gasteiger partial charge in [0.1, 0.15) is 73.2 Å². The highest BCUT2D eigenvalue weighted by atomic mass is 16.8. The van der Waals surface area contributed by atoms with Gasteiger partial charge in [-0.1, -0.05) is 243 Å². The Hall–Kier alpha value is -1.99. The molecule has 3 saturated heterocycles. The van der Waals surface area contributed by atoms with Crippen molar-refractivity contribution < 1.29 is 89.4 Å². The van der Waals surface area contributed by atoms with E-state index in [4.69, 9.17) is 28.4 Å². The first-order valence-corrected chi connectivity index (χ1v) is 35.2. The first kappa shape index (κ1) is 80.2. The Balaban J connectivity index is 1.24. The lowest BCUT2D eigenvalue weighted by atomic mass is 9.96. The largest absolute Gasteiger partial charge is 0.394 e. The molecule has 3 heterocycles. The maximum Gasteiger partial charge on any atom is 0.220 e. The van der Waals surface area contributed by atoms with Crippen LogP contribution in [0, 0.1) is 0 Å². The van der Waals surface area contributed by atoms with Crippen LogP contribution in [0.25, 0.3) is 0 Å². The Morgan fingerprint density at radius 1 is 0.409 bits per heavy atom. The topological polar surface area (TPSA) is 307 Å². The summed E-state index contributed by atoms with van der Waals surface area (Å²) in [7, 11) is 0. The summed E-state index contributed by atoms with van der Waals surface area (Å²) in [5.41, 5.74) is 0. The van der Waals surface area contributed by atoms with Crippen LogP contribution in [-0.2, 0) is 33.2 Å². The first-order valence-electron chi connectivity index (χ1n) is 35.2. The molecule has 0 radical (unpaired) electrons. The van der Waals surface area contributed by atoms with Gasteiger partial charge in [0.05, 0.1) is 38.6 Å². The van der Waals surface area contributed by atoms with Crippen LogP contribution in [-0.4, -0.2) is 193 Å². The van der Waals surface area contributed by atoms with Crippen molar-refractivity contribution >= 4 is 5.91 Å². The Morgan fingerprint density at radius 2 is 0.750 bits per heavy atom. The highest BCUT2D eigenvalue weighted by Crippen LogP contribution is 2.33. The van der Waals surface area contributed by atoms with Gasteiger partial charge < -0.3 is 89.9 Å². The molecule has 0 aromatic carbocycles. The zero-order chi connectivity index (χ0) is 64.0. The summed E-state index contributed by atoms with van der Waals surface area (Å²) >= 11 is 0. The second-order valence-electron chi connectivity index (χ2n) is 25.3. The molecule has 3 fully saturated rings. The van der Waals surface area contributed by atoms with Gasteiger partial charge in [-0.3, -0.25) is 4.79 Å². The number of allylic oxidation sites excluding steroid dienone is 5. The van der Waals surface area contributed by atoms with Gasteiger partial charge in [0.2, 0.25) is 5.91 Å². The number of nitrogens with one attached hydrogen (secondary N) is 1. The number of aliphatic hydroxyl groups is 11. The van der Waals surface area contributed by atoms with Crippen molar-refractivity contribution in [3.63, 3.8) is 0 Å². The van der Waals surface area contributed by atoms with E-state index in [1.165, 1.54) is 180 Å². The molecule has 0 bridgehead atoms. The summed E-state index contributed by atoms with van der Waals surface area (Å²) in [5.74, 6) is -0.278. The molecule has 88 heavy (non-hydrogen) atoms. The fraction of sp³-hybridized carbons (Fsp3) is 0.899. The minimum atomic E-state index is -1.98. The third kappa shape index (κ3) is 33.2. The number of hydrogen-bond acceptors (Lipinski definition) is 18. The van der Waals surface area contributed by atoms with Crippen LogP contribution in [0.5, 0.6) is 0 Å². The molecule has 0 aromatic rings. The standard InChI is InChI=1S/C69H127NO18/c1-3-5-7-9-11-12-13-14-15-16-17-18-19-20-21-22-23-24-25-26-27-28-29-30-31-32-33-34-35-36-37-38-39-40-41-43-45-47-57(75)70-52(53(74)46-44-42-10-8-6-4-2)51-83-67-63(81)60(78)65(55(49-72)85-67)88-69-64(82)61(79)66(56(50-73)86-69)87-68-62(80)59(77)58(76)54(48-71)84-68/h13-14,16-17,44,46,52-56,58-69,71-74,76-82H,3-12,15,18-43,45,47-51H2,1-2H3,(H,70,75)/b14-13-,17-16-,46-44+.